The molecule has 0 saturated carbocycles. The molecule has 1 amide bonds. The monoisotopic (exact) mass is 250 g/mol. The lowest BCUT2D eigenvalue weighted by Gasteiger charge is -2.11. The number of anilines is 1. The number of fused-ring (bicyclic) bond motifs is 1. The Balaban J connectivity index is 1.92. The van der Waals surface area contributed by atoms with Gasteiger partial charge in [-0.25, -0.2) is 4.39 Å². The van der Waals surface area contributed by atoms with Gasteiger partial charge in [-0.1, -0.05) is 32.3 Å². The summed E-state index contributed by atoms with van der Waals surface area (Å²) in [6.07, 6.45) is 4.66. The molecule has 4 heteroatoms. The van der Waals surface area contributed by atoms with Gasteiger partial charge in [-0.2, -0.15) is 0 Å². The normalized spacial score (nSPS) is 17.7. The van der Waals surface area contributed by atoms with Crippen molar-refractivity contribution in [2.45, 2.75) is 38.6 Å². The Morgan fingerprint density at radius 2 is 2.17 bits per heavy atom. The Kier molecular flexibility index (Phi) is 4.31. The Hall–Kier alpha value is -1.42. The maximum Gasteiger partial charge on any atom is 0.246 e. The predicted octanol–water partition coefficient (Wildman–Crippen LogP) is 2.99. The fraction of sp³-hybridized carbons (Fsp3) is 0.500. The summed E-state index contributed by atoms with van der Waals surface area (Å²) in [5.41, 5.74) is 1.43. The van der Waals surface area contributed by atoms with Crippen molar-refractivity contribution in [3.63, 3.8) is 0 Å². The minimum absolute atomic E-state index is 0.0916. The molecule has 1 aromatic rings. The first-order valence-electron chi connectivity index (χ1n) is 6.56. The van der Waals surface area contributed by atoms with Gasteiger partial charge in [-0.3, -0.25) is 4.79 Å². The van der Waals surface area contributed by atoms with E-state index in [-0.39, 0.29) is 17.8 Å². The van der Waals surface area contributed by atoms with E-state index < -0.39 is 0 Å². The van der Waals surface area contributed by atoms with Crippen LogP contribution >= 0.6 is 0 Å². The fourth-order valence-electron chi connectivity index (χ4n) is 2.24. The molecular formula is C14H19FN2O. The van der Waals surface area contributed by atoms with E-state index in [2.05, 4.69) is 17.6 Å². The molecule has 0 spiro atoms. The molecule has 98 valence electrons. The third kappa shape index (κ3) is 2.88. The summed E-state index contributed by atoms with van der Waals surface area (Å²) < 4.78 is 13.0. The minimum Gasteiger partial charge on any atom is -0.324 e. The first kappa shape index (κ1) is 13.0. The molecule has 18 heavy (non-hydrogen) atoms. The van der Waals surface area contributed by atoms with Gasteiger partial charge >= 0.3 is 0 Å². The lowest BCUT2D eigenvalue weighted by atomic mass is 10.1. The van der Waals surface area contributed by atoms with Gasteiger partial charge < -0.3 is 10.6 Å². The Labute approximate surface area is 107 Å². The van der Waals surface area contributed by atoms with Crippen LogP contribution in [0.25, 0.3) is 0 Å². The number of halogens is 1. The summed E-state index contributed by atoms with van der Waals surface area (Å²) >= 11 is 0. The lowest BCUT2D eigenvalue weighted by molar-refractivity contribution is -0.117. The Morgan fingerprint density at radius 1 is 1.33 bits per heavy atom. The molecule has 0 aromatic heterocycles. The van der Waals surface area contributed by atoms with Gasteiger partial charge in [-0.05, 0) is 25.1 Å². The van der Waals surface area contributed by atoms with Crippen molar-refractivity contribution in [3.05, 3.63) is 29.6 Å². The van der Waals surface area contributed by atoms with E-state index in [0.29, 0.717) is 5.69 Å². The highest BCUT2D eigenvalue weighted by atomic mass is 19.1. The van der Waals surface area contributed by atoms with Crippen LogP contribution in [0, 0.1) is 5.82 Å². The van der Waals surface area contributed by atoms with Crippen molar-refractivity contribution in [1.82, 2.24) is 5.32 Å². The maximum atomic E-state index is 13.0. The van der Waals surface area contributed by atoms with Crippen molar-refractivity contribution >= 4 is 11.6 Å². The van der Waals surface area contributed by atoms with Crippen molar-refractivity contribution in [3.8, 4) is 0 Å². The molecule has 0 saturated heterocycles. The highest BCUT2D eigenvalue weighted by Gasteiger charge is 2.29. The van der Waals surface area contributed by atoms with E-state index in [1.165, 1.54) is 31.4 Å². The second-order valence-corrected chi connectivity index (χ2v) is 4.67. The summed E-state index contributed by atoms with van der Waals surface area (Å²) in [5, 5.41) is 5.93. The quantitative estimate of drug-likeness (QED) is 0.762. The van der Waals surface area contributed by atoms with Crippen LogP contribution in [-0.4, -0.2) is 12.5 Å². The Bertz CT molecular complexity index is 434. The molecule has 3 nitrogen and oxygen atoms in total. The summed E-state index contributed by atoms with van der Waals surface area (Å²) in [6.45, 7) is 2.98. The second kappa shape index (κ2) is 5.96. The summed E-state index contributed by atoms with van der Waals surface area (Å²) in [6, 6.07) is 4.10. The van der Waals surface area contributed by atoms with Crippen LogP contribution in [-0.2, 0) is 4.79 Å². The molecule has 0 radical (unpaired) electrons. The molecule has 1 aromatic carbocycles. The van der Waals surface area contributed by atoms with Crippen molar-refractivity contribution < 1.29 is 9.18 Å². The van der Waals surface area contributed by atoms with Gasteiger partial charge in [0.2, 0.25) is 5.91 Å². The maximum absolute atomic E-state index is 13.0. The van der Waals surface area contributed by atoms with Crippen LogP contribution in [0.4, 0.5) is 10.1 Å². The largest absolute Gasteiger partial charge is 0.324 e. The highest BCUT2D eigenvalue weighted by Crippen LogP contribution is 2.31. The number of hydrogen-bond acceptors (Lipinski definition) is 2. The number of amides is 1. The van der Waals surface area contributed by atoms with Gasteiger partial charge in [0, 0.05) is 11.3 Å². The molecule has 1 aliphatic rings. The van der Waals surface area contributed by atoms with E-state index >= 15 is 0 Å². The zero-order valence-electron chi connectivity index (χ0n) is 10.6. The second-order valence-electron chi connectivity index (χ2n) is 4.67. The zero-order chi connectivity index (χ0) is 13.0. The lowest BCUT2D eigenvalue weighted by Crippen LogP contribution is -2.28. The van der Waals surface area contributed by atoms with Gasteiger partial charge in [0.1, 0.15) is 11.9 Å². The molecular weight excluding hydrogens is 231 g/mol. The Morgan fingerprint density at radius 3 is 2.94 bits per heavy atom. The zero-order valence-corrected chi connectivity index (χ0v) is 10.6. The fourth-order valence-corrected chi connectivity index (χ4v) is 2.24. The van der Waals surface area contributed by atoms with Crippen LogP contribution < -0.4 is 10.6 Å². The molecule has 0 aliphatic carbocycles. The first-order valence-corrected chi connectivity index (χ1v) is 6.56. The van der Waals surface area contributed by atoms with Crippen LogP contribution in [0.15, 0.2) is 18.2 Å². The molecule has 1 unspecified atom stereocenters. The first-order chi connectivity index (χ1) is 8.72. The summed E-state index contributed by atoms with van der Waals surface area (Å²) in [7, 11) is 0. The number of benzene rings is 1. The molecule has 2 rings (SSSR count). The number of hydrogen-bond donors (Lipinski definition) is 2. The smallest absolute Gasteiger partial charge is 0.246 e. The molecule has 2 N–H and O–H groups in total. The van der Waals surface area contributed by atoms with Crippen molar-refractivity contribution in [2.75, 3.05) is 11.9 Å². The minimum atomic E-state index is -0.331. The third-order valence-electron chi connectivity index (χ3n) is 3.23. The van der Waals surface area contributed by atoms with Crippen LogP contribution in [0.5, 0.6) is 0 Å². The van der Waals surface area contributed by atoms with Gasteiger partial charge in [0.15, 0.2) is 0 Å². The molecule has 0 fully saturated rings. The summed E-state index contributed by atoms with van der Waals surface area (Å²) in [4.78, 5) is 11.8. The van der Waals surface area contributed by atoms with Gasteiger partial charge in [0.25, 0.3) is 0 Å². The number of nitrogens with one attached hydrogen (secondary N) is 2. The average molecular weight is 250 g/mol. The predicted molar refractivity (Wildman–Crippen MR) is 69.9 cm³/mol. The third-order valence-corrected chi connectivity index (χ3v) is 3.23. The van der Waals surface area contributed by atoms with Gasteiger partial charge in [0.05, 0.1) is 0 Å². The molecule has 0 bridgehead atoms. The topological polar surface area (TPSA) is 41.1 Å². The van der Waals surface area contributed by atoms with Crippen LogP contribution in [0.3, 0.4) is 0 Å². The number of carbonyl (C=O) groups excluding carboxylic acids is 1. The number of rotatable bonds is 6. The SMILES string of the molecule is CCCCCCNC1C(=O)Nc2cc(F)ccc21. The summed E-state index contributed by atoms with van der Waals surface area (Å²) in [5.74, 6) is -0.413. The van der Waals surface area contributed by atoms with E-state index in [4.69, 9.17) is 0 Å². The van der Waals surface area contributed by atoms with E-state index in [9.17, 15) is 9.18 Å². The van der Waals surface area contributed by atoms with E-state index in [0.717, 1.165) is 18.5 Å². The number of carbonyl (C=O) groups is 1. The van der Waals surface area contributed by atoms with Gasteiger partial charge in [-0.15, -0.1) is 0 Å². The van der Waals surface area contributed by atoms with Crippen molar-refractivity contribution in [1.29, 1.82) is 0 Å². The molecule has 1 atom stereocenters. The van der Waals surface area contributed by atoms with E-state index in [1.54, 1.807) is 6.07 Å². The average Bonchev–Trinajstić information content (AvgIpc) is 2.64. The number of unbranched alkanes of at least 4 members (excludes halogenated alkanes) is 3. The highest BCUT2D eigenvalue weighted by molar-refractivity contribution is 6.02. The van der Waals surface area contributed by atoms with Crippen molar-refractivity contribution in [2.24, 2.45) is 0 Å². The van der Waals surface area contributed by atoms with E-state index in [1.807, 2.05) is 0 Å². The standard InChI is InChI=1S/C14H19FN2O/c1-2-3-4-5-8-16-13-11-7-6-10(15)9-12(11)17-14(13)18/h6-7,9,13,16H,2-5,8H2,1H3,(H,17,18). The molecule has 1 aliphatic heterocycles. The van der Waals surface area contributed by atoms with Crippen LogP contribution in [0.1, 0.15) is 44.2 Å². The van der Waals surface area contributed by atoms with Crippen LogP contribution in [0.2, 0.25) is 0 Å². The molecule has 1 heterocycles.